The molecule has 3 aromatic rings. The molecule has 1 fully saturated rings. The summed E-state index contributed by atoms with van der Waals surface area (Å²) in [5, 5.41) is 0. The van der Waals surface area contributed by atoms with Crippen molar-refractivity contribution in [2.24, 2.45) is 10.7 Å². The molecule has 2 N–H and O–H groups in total. The molecular formula is C25H22FN3O3. The maximum absolute atomic E-state index is 14.4. The Labute approximate surface area is 184 Å². The third-order valence-corrected chi connectivity index (χ3v) is 6.45. The van der Waals surface area contributed by atoms with Gasteiger partial charge in [-0.05, 0) is 66.8 Å². The van der Waals surface area contributed by atoms with Crippen molar-refractivity contribution in [1.29, 1.82) is 0 Å². The minimum Gasteiger partial charge on any atom is -0.462 e. The van der Waals surface area contributed by atoms with Crippen molar-refractivity contribution in [3.63, 3.8) is 0 Å². The number of fused-ring (bicyclic) bond motifs is 4. The van der Waals surface area contributed by atoms with E-state index in [-0.39, 0.29) is 18.7 Å². The van der Waals surface area contributed by atoms with Crippen LogP contribution in [0, 0.1) is 5.95 Å². The lowest BCUT2D eigenvalue weighted by atomic mass is 9.79. The Bertz CT molecular complexity index is 1240. The number of pyridine rings is 1. The number of ether oxygens (including phenoxy) is 3. The highest BCUT2D eigenvalue weighted by atomic mass is 19.1. The van der Waals surface area contributed by atoms with E-state index in [0.717, 1.165) is 42.6 Å². The topological polar surface area (TPSA) is 79.0 Å². The summed E-state index contributed by atoms with van der Waals surface area (Å²) in [6, 6.07) is 15.2. The van der Waals surface area contributed by atoms with Crippen molar-refractivity contribution in [2.45, 2.75) is 30.9 Å². The van der Waals surface area contributed by atoms with Crippen molar-refractivity contribution in [2.75, 3.05) is 13.2 Å². The van der Waals surface area contributed by atoms with Crippen LogP contribution in [0.3, 0.4) is 0 Å². The van der Waals surface area contributed by atoms with Gasteiger partial charge in [0.05, 0.1) is 6.10 Å². The first-order valence-corrected chi connectivity index (χ1v) is 10.8. The number of amidine groups is 1. The third kappa shape index (κ3) is 2.96. The molecule has 0 amide bonds. The van der Waals surface area contributed by atoms with Gasteiger partial charge < -0.3 is 19.9 Å². The maximum atomic E-state index is 14.4. The number of aromatic nitrogens is 1. The largest absolute Gasteiger partial charge is 0.462 e. The molecule has 0 bridgehead atoms. The lowest BCUT2D eigenvalue weighted by Crippen LogP contribution is -2.31. The van der Waals surface area contributed by atoms with Crippen molar-refractivity contribution in [1.82, 2.24) is 4.98 Å². The standard InChI is InChI=1S/C25H22FN3O3/c26-23-17(4-3-10-28-23)15-6-8-21-18(12-15)25(14-31-24(27)29-25)19-13-16(7-9-22(19)32-21)20-5-1-2-11-30-20/h3-4,6-10,12-13,20H,1-2,5,11,14H2,(H2,27,29)/t20-,25+/m1/s1. The Morgan fingerprint density at radius 2 is 1.88 bits per heavy atom. The molecule has 6 rings (SSSR count). The van der Waals surface area contributed by atoms with E-state index in [1.54, 1.807) is 12.1 Å². The quantitative estimate of drug-likeness (QED) is 0.589. The highest BCUT2D eigenvalue weighted by Gasteiger charge is 2.47. The zero-order chi connectivity index (χ0) is 21.7. The molecule has 3 aliphatic rings. The van der Waals surface area contributed by atoms with Gasteiger partial charge >= 0.3 is 0 Å². The minimum atomic E-state index is -0.869. The summed E-state index contributed by atoms with van der Waals surface area (Å²) in [6.07, 6.45) is 4.69. The number of benzene rings is 2. The summed E-state index contributed by atoms with van der Waals surface area (Å²) in [6.45, 7) is 1.01. The van der Waals surface area contributed by atoms with E-state index in [1.165, 1.54) is 6.20 Å². The predicted octanol–water partition coefficient (Wildman–Crippen LogP) is 4.82. The molecule has 3 aliphatic heterocycles. The molecule has 6 nitrogen and oxygen atoms in total. The molecule has 32 heavy (non-hydrogen) atoms. The van der Waals surface area contributed by atoms with E-state index in [0.29, 0.717) is 22.6 Å². The van der Waals surface area contributed by atoms with Gasteiger partial charge in [0.2, 0.25) is 5.95 Å². The molecule has 4 heterocycles. The number of nitrogens with zero attached hydrogens (tertiary/aromatic N) is 2. The lowest BCUT2D eigenvalue weighted by molar-refractivity contribution is 0.0148. The van der Waals surface area contributed by atoms with E-state index < -0.39 is 11.5 Å². The molecule has 7 heteroatoms. The van der Waals surface area contributed by atoms with Gasteiger partial charge in [0.25, 0.3) is 6.02 Å². The number of aliphatic imine (C=N–C) groups is 1. The summed E-state index contributed by atoms with van der Waals surface area (Å²) < 4.78 is 32.3. The molecule has 0 unspecified atom stereocenters. The van der Waals surface area contributed by atoms with Crippen LogP contribution in [0.25, 0.3) is 11.1 Å². The Morgan fingerprint density at radius 1 is 1.03 bits per heavy atom. The van der Waals surface area contributed by atoms with Gasteiger partial charge in [0, 0.05) is 29.5 Å². The molecule has 2 atom stereocenters. The molecule has 162 valence electrons. The number of hydrogen-bond donors (Lipinski definition) is 1. The summed E-state index contributed by atoms with van der Waals surface area (Å²) in [5.41, 5.74) is 8.98. The van der Waals surface area contributed by atoms with Gasteiger partial charge in [-0.15, -0.1) is 0 Å². The summed E-state index contributed by atoms with van der Waals surface area (Å²) in [4.78, 5) is 8.53. The van der Waals surface area contributed by atoms with Crippen LogP contribution in [0.2, 0.25) is 0 Å². The zero-order valence-corrected chi connectivity index (χ0v) is 17.4. The number of rotatable bonds is 2. The molecule has 1 spiro atoms. The second-order valence-corrected chi connectivity index (χ2v) is 8.36. The van der Waals surface area contributed by atoms with Crippen LogP contribution in [0.4, 0.5) is 4.39 Å². The van der Waals surface area contributed by atoms with Crippen LogP contribution in [-0.2, 0) is 15.0 Å². The average molecular weight is 431 g/mol. The van der Waals surface area contributed by atoms with Crippen molar-refractivity contribution >= 4 is 6.02 Å². The average Bonchev–Trinajstić information content (AvgIpc) is 3.22. The van der Waals surface area contributed by atoms with Gasteiger partial charge in [-0.25, -0.2) is 9.98 Å². The summed E-state index contributed by atoms with van der Waals surface area (Å²) in [5.74, 6) is 0.828. The van der Waals surface area contributed by atoms with Crippen LogP contribution in [-0.4, -0.2) is 24.2 Å². The molecule has 1 aromatic heterocycles. The fraction of sp³-hybridized carbons (Fsp3) is 0.280. The van der Waals surface area contributed by atoms with E-state index in [4.69, 9.17) is 24.9 Å². The highest BCUT2D eigenvalue weighted by Crippen LogP contribution is 2.52. The highest BCUT2D eigenvalue weighted by molar-refractivity contribution is 5.78. The van der Waals surface area contributed by atoms with Gasteiger partial charge in [0.15, 0.2) is 5.54 Å². The van der Waals surface area contributed by atoms with Crippen LogP contribution < -0.4 is 10.5 Å². The van der Waals surface area contributed by atoms with Crippen LogP contribution in [0.5, 0.6) is 11.5 Å². The second kappa shape index (κ2) is 7.31. The Morgan fingerprint density at radius 3 is 2.62 bits per heavy atom. The SMILES string of the molecule is NC1=N[C@@]2(CO1)c1cc(-c3cccnc3F)ccc1Oc1ccc([C@H]3CCCCO3)cc12. The van der Waals surface area contributed by atoms with Crippen molar-refractivity contribution in [3.05, 3.63) is 77.4 Å². The Balaban J connectivity index is 1.51. The van der Waals surface area contributed by atoms with E-state index in [1.807, 2.05) is 24.3 Å². The normalized spacial score (nSPS) is 23.7. The lowest BCUT2D eigenvalue weighted by Gasteiger charge is -2.35. The number of hydrogen-bond acceptors (Lipinski definition) is 6. The van der Waals surface area contributed by atoms with Gasteiger partial charge in [-0.3, -0.25) is 0 Å². The van der Waals surface area contributed by atoms with Crippen molar-refractivity contribution < 1.29 is 18.6 Å². The number of halogens is 1. The van der Waals surface area contributed by atoms with Gasteiger partial charge in [0.1, 0.15) is 18.1 Å². The zero-order valence-electron chi connectivity index (χ0n) is 17.4. The van der Waals surface area contributed by atoms with E-state index in [9.17, 15) is 4.39 Å². The van der Waals surface area contributed by atoms with Gasteiger partial charge in [-0.1, -0.05) is 12.1 Å². The molecule has 0 saturated carbocycles. The molecule has 0 aliphatic carbocycles. The van der Waals surface area contributed by atoms with E-state index in [2.05, 4.69) is 17.1 Å². The second-order valence-electron chi connectivity index (χ2n) is 8.36. The smallest absolute Gasteiger partial charge is 0.283 e. The molecule has 1 saturated heterocycles. The van der Waals surface area contributed by atoms with Crippen molar-refractivity contribution in [3.8, 4) is 22.6 Å². The van der Waals surface area contributed by atoms with Crippen LogP contribution in [0.1, 0.15) is 42.1 Å². The Kier molecular flexibility index (Phi) is 4.40. The Hall–Kier alpha value is -3.45. The molecule has 0 radical (unpaired) electrons. The number of nitrogens with two attached hydrogens (primary N) is 1. The summed E-state index contributed by atoms with van der Waals surface area (Å²) >= 11 is 0. The third-order valence-electron chi connectivity index (χ3n) is 6.45. The molecule has 2 aromatic carbocycles. The minimum absolute atomic E-state index is 0.0481. The van der Waals surface area contributed by atoms with Crippen LogP contribution >= 0.6 is 0 Å². The fourth-order valence-corrected chi connectivity index (χ4v) is 4.85. The first kappa shape index (κ1) is 19.3. The molecular weight excluding hydrogens is 409 g/mol. The first-order valence-electron chi connectivity index (χ1n) is 10.8. The van der Waals surface area contributed by atoms with Gasteiger partial charge in [-0.2, -0.15) is 4.39 Å². The fourth-order valence-electron chi connectivity index (χ4n) is 4.85. The van der Waals surface area contributed by atoms with E-state index >= 15 is 0 Å². The maximum Gasteiger partial charge on any atom is 0.283 e. The first-order chi connectivity index (χ1) is 15.6. The summed E-state index contributed by atoms with van der Waals surface area (Å²) in [7, 11) is 0. The predicted molar refractivity (Wildman–Crippen MR) is 117 cm³/mol. The van der Waals surface area contributed by atoms with Crippen LogP contribution in [0.15, 0.2) is 59.7 Å². The monoisotopic (exact) mass is 431 g/mol.